The molecular weight excluding hydrogens is 194 g/mol. The molecule has 0 aliphatic carbocycles. The highest BCUT2D eigenvalue weighted by atomic mass is 32.1. The number of nitrogens with one attached hydrogen (secondary N) is 1. The first-order valence-corrected chi connectivity index (χ1v) is 5.62. The number of rotatable bonds is 1. The van der Waals surface area contributed by atoms with E-state index in [9.17, 15) is 0 Å². The van der Waals surface area contributed by atoms with E-state index in [-0.39, 0.29) is 0 Å². The van der Waals surface area contributed by atoms with Crippen LogP contribution in [0.25, 0.3) is 10.6 Å². The van der Waals surface area contributed by atoms with Crippen LogP contribution in [0.5, 0.6) is 0 Å². The largest absolute Gasteiger partial charge is 0.325 e. The Hall–Kier alpha value is -1.13. The maximum absolute atomic E-state index is 4.42. The van der Waals surface area contributed by atoms with Gasteiger partial charge in [0.1, 0.15) is 5.82 Å². The van der Waals surface area contributed by atoms with Crippen LogP contribution in [-0.4, -0.2) is 16.1 Å². The number of hydrogen-bond donors (Lipinski definition) is 1. The lowest BCUT2D eigenvalue weighted by Crippen LogP contribution is -2.28. The molecule has 0 bridgehead atoms. The molecule has 72 valence electrons. The molecule has 0 spiro atoms. The lowest BCUT2D eigenvalue weighted by molar-refractivity contribution is 0.509. The minimum atomic E-state index is 0.894. The van der Waals surface area contributed by atoms with E-state index in [0.29, 0.717) is 0 Å². The molecule has 14 heavy (non-hydrogen) atoms. The Balaban J connectivity index is 2.11. The van der Waals surface area contributed by atoms with Crippen LogP contribution in [0.3, 0.4) is 0 Å². The number of thiophene rings is 1. The molecule has 3 rings (SSSR count). The van der Waals surface area contributed by atoms with Gasteiger partial charge in [0.25, 0.3) is 0 Å². The molecule has 2 aromatic rings. The second-order valence-corrected chi connectivity index (χ2v) is 4.31. The zero-order chi connectivity index (χ0) is 9.38. The normalized spacial score (nSPS) is 15.4. The molecule has 0 atom stereocenters. The van der Waals surface area contributed by atoms with Crippen LogP contribution >= 0.6 is 11.3 Å². The second kappa shape index (κ2) is 3.22. The van der Waals surface area contributed by atoms with Crippen molar-refractivity contribution >= 4 is 11.3 Å². The molecule has 0 saturated carbocycles. The summed E-state index contributed by atoms with van der Waals surface area (Å²) < 4.78 is 2.31. The van der Waals surface area contributed by atoms with Crippen LogP contribution in [0, 0.1) is 0 Å². The molecule has 0 radical (unpaired) electrons. The van der Waals surface area contributed by atoms with Crippen LogP contribution < -0.4 is 5.32 Å². The summed E-state index contributed by atoms with van der Waals surface area (Å²) in [6, 6.07) is 4.23. The molecule has 0 fully saturated rings. The molecular formula is C10H11N3S. The third-order valence-electron chi connectivity index (χ3n) is 2.51. The Bertz CT molecular complexity index is 430. The topological polar surface area (TPSA) is 29.9 Å². The van der Waals surface area contributed by atoms with Gasteiger partial charge >= 0.3 is 0 Å². The first kappa shape index (κ1) is 8.20. The minimum absolute atomic E-state index is 0.894. The summed E-state index contributed by atoms with van der Waals surface area (Å²) in [4.78, 5) is 5.73. The maximum Gasteiger partial charge on any atom is 0.123 e. The number of imidazole rings is 1. The SMILES string of the molecule is c1csc(-c2cnc3n2CCNC3)c1. The fraction of sp³-hybridized carbons (Fsp3) is 0.300. The average Bonchev–Trinajstić information content (AvgIpc) is 2.85. The van der Waals surface area contributed by atoms with Crippen LogP contribution in [0.4, 0.5) is 0 Å². The van der Waals surface area contributed by atoms with Crippen molar-refractivity contribution in [2.75, 3.05) is 6.54 Å². The molecule has 0 amide bonds. The molecule has 3 nitrogen and oxygen atoms in total. The van der Waals surface area contributed by atoms with E-state index in [1.54, 1.807) is 11.3 Å². The Morgan fingerprint density at radius 2 is 2.50 bits per heavy atom. The Morgan fingerprint density at radius 3 is 3.36 bits per heavy atom. The second-order valence-electron chi connectivity index (χ2n) is 3.37. The van der Waals surface area contributed by atoms with E-state index < -0.39 is 0 Å². The Labute approximate surface area is 86.4 Å². The highest BCUT2D eigenvalue weighted by molar-refractivity contribution is 7.13. The summed E-state index contributed by atoms with van der Waals surface area (Å²) in [5.41, 5.74) is 1.26. The fourth-order valence-electron chi connectivity index (χ4n) is 1.82. The van der Waals surface area contributed by atoms with E-state index >= 15 is 0 Å². The molecule has 1 aliphatic heterocycles. The van der Waals surface area contributed by atoms with Gasteiger partial charge in [0.2, 0.25) is 0 Å². The van der Waals surface area contributed by atoms with Crippen molar-refractivity contribution in [3.63, 3.8) is 0 Å². The van der Waals surface area contributed by atoms with E-state index in [2.05, 4.69) is 32.4 Å². The minimum Gasteiger partial charge on any atom is -0.325 e. The summed E-state index contributed by atoms with van der Waals surface area (Å²) in [6.07, 6.45) is 1.98. The zero-order valence-corrected chi connectivity index (χ0v) is 8.55. The third-order valence-corrected chi connectivity index (χ3v) is 3.40. The van der Waals surface area contributed by atoms with E-state index in [4.69, 9.17) is 0 Å². The molecule has 2 aromatic heterocycles. The Morgan fingerprint density at radius 1 is 1.50 bits per heavy atom. The van der Waals surface area contributed by atoms with Gasteiger partial charge in [-0.15, -0.1) is 11.3 Å². The van der Waals surface area contributed by atoms with E-state index in [0.717, 1.165) is 25.5 Å². The van der Waals surface area contributed by atoms with Crippen molar-refractivity contribution in [1.29, 1.82) is 0 Å². The van der Waals surface area contributed by atoms with Gasteiger partial charge in [0, 0.05) is 13.1 Å². The first-order valence-electron chi connectivity index (χ1n) is 4.74. The zero-order valence-electron chi connectivity index (χ0n) is 7.73. The van der Waals surface area contributed by atoms with Gasteiger partial charge in [-0.3, -0.25) is 0 Å². The van der Waals surface area contributed by atoms with Crippen LogP contribution in [0.15, 0.2) is 23.7 Å². The first-order chi connectivity index (χ1) is 6.95. The smallest absolute Gasteiger partial charge is 0.123 e. The molecule has 0 unspecified atom stereocenters. The average molecular weight is 205 g/mol. The highest BCUT2D eigenvalue weighted by Crippen LogP contribution is 2.26. The van der Waals surface area contributed by atoms with Gasteiger partial charge in [-0.1, -0.05) is 6.07 Å². The number of hydrogen-bond acceptors (Lipinski definition) is 3. The van der Waals surface area contributed by atoms with Gasteiger partial charge < -0.3 is 9.88 Å². The molecule has 0 saturated heterocycles. The summed E-state index contributed by atoms with van der Waals surface area (Å²) >= 11 is 1.77. The van der Waals surface area contributed by atoms with Crippen molar-refractivity contribution in [3.8, 4) is 10.6 Å². The maximum atomic E-state index is 4.42. The number of nitrogens with zero attached hydrogens (tertiary/aromatic N) is 2. The molecule has 4 heteroatoms. The van der Waals surface area contributed by atoms with Crippen LogP contribution in [-0.2, 0) is 13.1 Å². The van der Waals surface area contributed by atoms with Crippen LogP contribution in [0.1, 0.15) is 5.82 Å². The number of aromatic nitrogens is 2. The molecule has 3 heterocycles. The van der Waals surface area contributed by atoms with Gasteiger partial charge in [0.15, 0.2) is 0 Å². The van der Waals surface area contributed by atoms with Crippen molar-refractivity contribution in [2.24, 2.45) is 0 Å². The van der Waals surface area contributed by atoms with Crippen molar-refractivity contribution in [3.05, 3.63) is 29.5 Å². The monoisotopic (exact) mass is 205 g/mol. The predicted molar refractivity (Wildman–Crippen MR) is 57.2 cm³/mol. The van der Waals surface area contributed by atoms with Crippen molar-refractivity contribution < 1.29 is 0 Å². The molecule has 0 aromatic carbocycles. The number of fused-ring (bicyclic) bond motifs is 1. The quantitative estimate of drug-likeness (QED) is 0.768. The summed E-state index contributed by atoms with van der Waals surface area (Å²) in [7, 11) is 0. The van der Waals surface area contributed by atoms with Gasteiger partial charge in [-0.05, 0) is 11.4 Å². The third kappa shape index (κ3) is 1.19. The fourth-order valence-corrected chi connectivity index (χ4v) is 2.56. The lowest BCUT2D eigenvalue weighted by Gasteiger charge is -2.16. The standard InChI is InChI=1S/C10H11N3S/c1-2-9(14-5-1)8-6-12-10-7-11-3-4-13(8)10/h1-2,5-6,11H,3-4,7H2. The molecule has 1 aliphatic rings. The van der Waals surface area contributed by atoms with Crippen molar-refractivity contribution in [1.82, 2.24) is 14.9 Å². The van der Waals surface area contributed by atoms with E-state index in [1.165, 1.54) is 10.6 Å². The molecule has 1 N–H and O–H groups in total. The van der Waals surface area contributed by atoms with Gasteiger partial charge in [-0.25, -0.2) is 4.98 Å². The lowest BCUT2D eigenvalue weighted by atomic mass is 10.3. The van der Waals surface area contributed by atoms with Crippen molar-refractivity contribution in [2.45, 2.75) is 13.1 Å². The summed E-state index contributed by atoms with van der Waals surface area (Å²) in [6.45, 7) is 2.97. The van der Waals surface area contributed by atoms with Crippen LogP contribution in [0.2, 0.25) is 0 Å². The predicted octanol–water partition coefficient (Wildman–Crippen LogP) is 1.71. The summed E-state index contributed by atoms with van der Waals surface area (Å²) in [5, 5.41) is 5.43. The van der Waals surface area contributed by atoms with Gasteiger partial charge in [0.05, 0.1) is 23.3 Å². The highest BCUT2D eigenvalue weighted by Gasteiger charge is 2.14. The van der Waals surface area contributed by atoms with E-state index in [1.807, 2.05) is 6.20 Å². The van der Waals surface area contributed by atoms with Gasteiger partial charge in [-0.2, -0.15) is 0 Å². The summed E-state index contributed by atoms with van der Waals surface area (Å²) in [5.74, 6) is 1.15. The Kier molecular flexibility index (Phi) is 1.89.